The maximum absolute atomic E-state index is 12.3. The third-order valence-corrected chi connectivity index (χ3v) is 3.45. The van der Waals surface area contributed by atoms with E-state index in [2.05, 4.69) is 0 Å². The van der Waals surface area contributed by atoms with Crippen molar-refractivity contribution in [3.05, 3.63) is 29.8 Å². The quantitative estimate of drug-likeness (QED) is 0.820. The second kappa shape index (κ2) is 5.50. The molecule has 0 saturated carbocycles. The highest BCUT2D eigenvalue weighted by atomic mass is 16.5. The summed E-state index contributed by atoms with van der Waals surface area (Å²) in [6.45, 7) is 2.50. The number of carboxylic acid groups (broad SMARTS) is 1. The molecule has 1 aliphatic heterocycles. The number of rotatable bonds is 5. The molecule has 1 atom stereocenters. The van der Waals surface area contributed by atoms with Crippen molar-refractivity contribution in [2.45, 2.75) is 18.9 Å². The van der Waals surface area contributed by atoms with Gasteiger partial charge in [0.1, 0.15) is 17.8 Å². The van der Waals surface area contributed by atoms with Gasteiger partial charge in [0.15, 0.2) is 0 Å². The molecule has 1 aliphatic rings. The molecule has 0 bridgehead atoms. The van der Waals surface area contributed by atoms with Crippen LogP contribution in [0.1, 0.15) is 18.9 Å². The monoisotopic (exact) mass is 278 g/mol. The maximum Gasteiger partial charge on any atom is 0.323 e. The van der Waals surface area contributed by atoms with Crippen LogP contribution in [-0.2, 0) is 15.1 Å². The number of likely N-dealkylation sites (tertiary alicyclic amines) is 1. The summed E-state index contributed by atoms with van der Waals surface area (Å²) >= 11 is 0. The highest BCUT2D eigenvalue weighted by Gasteiger charge is 2.45. The lowest BCUT2D eigenvalue weighted by atomic mass is 9.89. The van der Waals surface area contributed by atoms with Crippen LogP contribution in [-0.4, -0.2) is 41.6 Å². The lowest BCUT2D eigenvalue weighted by molar-refractivity contribution is -0.144. The third kappa shape index (κ3) is 2.60. The van der Waals surface area contributed by atoms with Gasteiger partial charge in [0.05, 0.1) is 6.61 Å². The van der Waals surface area contributed by atoms with Gasteiger partial charge in [0, 0.05) is 6.54 Å². The molecule has 1 saturated heterocycles. The summed E-state index contributed by atoms with van der Waals surface area (Å²) in [5.41, 5.74) is 5.73. The van der Waals surface area contributed by atoms with Gasteiger partial charge in [-0.1, -0.05) is 12.1 Å². The SMILES string of the molecule is CCOc1ccc(C2(N)CCN(CC(=O)O)C2=O)cc1. The zero-order valence-electron chi connectivity index (χ0n) is 11.3. The van der Waals surface area contributed by atoms with Gasteiger partial charge in [-0.15, -0.1) is 0 Å². The summed E-state index contributed by atoms with van der Waals surface area (Å²) in [7, 11) is 0. The van der Waals surface area contributed by atoms with Crippen molar-refractivity contribution in [3.63, 3.8) is 0 Å². The minimum atomic E-state index is -1.14. The van der Waals surface area contributed by atoms with Crippen LogP contribution in [0.2, 0.25) is 0 Å². The van der Waals surface area contributed by atoms with E-state index < -0.39 is 11.5 Å². The van der Waals surface area contributed by atoms with Crippen LogP contribution in [0.4, 0.5) is 0 Å². The van der Waals surface area contributed by atoms with Crippen molar-refractivity contribution >= 4 is 11.9 Å². The molecule has 0 spiro atoms. The number of ether oxygens (including phenoxy) is 1. The molecule has 1 aromatic carbocycles. The van der Waals surface area contributed by atoms with Crippen LogP contribution in [0, 0.1) is 0 Å². The summed E-state index contributed by atoms with van der Waals surface area (Å²) in [4.78, 5) is 24.3. The molecule has 6 nitrogen and oxygen atoms in total. The Balaban J connectivity index is 2.18. The second-order valence-electron chi connectivity index (χ2n) is 4.80. The van der Waals surface area contributed by atoms with E-state index in [-0.39, 0.29) is 12.5 Å². The number of benzene rings is 1. The smallest absolute Gasteiger partial charge is 0.323 e. The van der Waals surface area contributed by atoms with Gasteiger partial charge in [0.25, 0.3) is 0 Å². The van der Waals surface area contributed by atoms with E-state index in [4.69, 9.17) is 15.6 Å². The van der Waals surface area contributed by atoms with Crippen LogP contribution in [0.5, 0.6) is 5.75 Å². The highest BCUT2D eigenvalue weighted by Crippen LogP contribution is 2.31. The molecule has 1 unspecified atom stereocenters. The van der Waals surface area contributed by atoms with E-state index in [0.29, 0.717) is 30.9 Å². The van der Waals surface area contributed by atoms with E-state index >= 15 is 0 Å². The number of carbonyl (C=O) groups excluding carboxylic acids is 1. The molecule has 108 valence electrons. The van der Waals surface area contributed by atoms with E-state index in [1.54, 1.807) is 24.3 Å². The summed E-state index contributed by atoms with van der Waals surface area (Å²) in [5.74, 6) is -0.661. The molecule has 6 heteroatoms. The average molecular weight is 278 g/mol. The average Bonchev–Trinajstić information content (AvgIpc) is 2.69. The largest absolute Gasteiger partial charge is 0.494 e. The Morgan fingerprint density at radius 1 is 1.45 bits per heavy atom. The normalized spacial score (nSPS) is 22.1. The number of nitrogens with two attached hydrogens (primary N) is 1. The van der Waals surface area contributed by atoms with Crippen molar-refractivity contribution in [2.24, 2.45) is 5.73 Å². The predicted octanol–water partition coefficient (Wildman–Crippen LogP) is 0.556. The lowest BCUT2D eigenvalue weighted by Crippen LogP contribution is -2.46. The van der Waals surface area contributed by atoms with Crippen molar-refractivity contribution in [3.8, 4) is 5.75 Å². The minimum Gasteiger partial charge on any atom is -0.494 e. The molecule has 1 amide bonds. The number of hydrogen-bond acceptors (Lipinski definition) is 4. The van der Waals surface area contributed by atoms with Crippen LogP contribution in [0.3, 0.4) is 0 Å². The number of carboxylic acids is 1. The second-order valence-corrected chi connectivity index (χ2v) is 4.80. The first-order valence-corrected chi connectivity index (χ1v) is 6.50. The van der Waals surface area contributed by atoms with Crippen LogP contribution in [0.25, 0.3) is 0 Å². The minimum absolute atomic E-state index is 0.311. The highest BCUT2D eigenvalue weighted by molar-refractivity contribution is 5.91. The van der Waals surface area contributed by atoms with Crippen molar-refractivity contribution < 1.29 is 19.4 Å². The fraction of sp³-hybridized carbons (Fsp3) is 0.429. The van der Waals surface area contributed by atoms with Crippen molar-refractivity contribution in [1.29, 1.82) is 0 Å². The van der Waals surface area contributed by atoms with E-state index in [0.717, 1.165) is 0 Å². The van der Waals surface area contributed by atoms with Crippen molar-refractivity contribution in [1.82, 2.24) is 4.90 Å². The molecular formula is C14H18N2O4. The molecule has 1 heterocycles. The number of carbonyl (C=O) groups is 2. The summed E-state index contributed by atoms with van der Waals surface area (Å²) in [5, 5.41) is 8.78. The summed E-state index contributed by atoms with van der Waals surface area (Å²) < 4.78 is 5.34. The number of aliphatic carboxylic acids is 1. The van der Waals surface area contributed by atoms with E-state index in [1.807, 2.05) is 6.92 Å². The molecular weight excluding hydrogens is 260 g/mol. The van der Waals surface area contributed by atoms with Crippen LogP contribution in [0.15, 0.2) is 24.3 Å². The standard InChI is InChI=1S/C14H18N2O4/c1-2-20-11-5-3-10(4-6-11)14(15)7-8-16(13(14)19)9-12(17)18/h3-6H,2,7-9,15H2,1H3,(H,17,18). The van der Waals surface area contributed by atoms with Gasteiger partial charge in [-0.3, -0.25) is 9.59 Å². The first-order chi connectivity index (χ1) is 9.47. The Morgan fingerprint density at radius 3 is 2.65 bits per heavy atom. The molecule has 1 fully saturated rings. The Labute approximate surface area is 117 Å². The number of amides is 1. The Kier molecular flexibility index (Phi) is 3.94. The van der Waals surface area contributed by atoms with Gasteiger partial charge >= 0.3 is 5.97 Å². The molecule has 0 radical (unpaired) electrons. The molecule has 2 rings (SSSR count). The van der Waals surface area contributed by atoms with Crippen molar-refractivity contribution in [2.75, 3.05) is 19.7 Å². The molecule has 0 aromatic heterocycles. The molecule has 0 aliphatic carbocycles. The van der Waals surface area contributed by atoms with Gasteiger partial charge in [-0.2, -0.15) is 0 Å². The zero-order chi connectivity index (χ0) is 14.8. The third-order valence-electron chi connectivity index (χ3n) is 3.45. The topological polar surface area (TPSA) is 92.9 Å². The Morgan fingerprint density at radius 2 is 2.10 bits per heavy atom. The zero-order valence-corrected chi connectivity index (χ0v) is 11.3. The molecule has 20 heavy (non-hydrogen) atoms. The van der Waals surface area contributed by atoms with Gasteiger partial charge in [-0.25, -0.2) is 0 Å². The van der Waals surface area contributed by atoms with Gasteiger partial charge in [0.2, 0.25) is 5.91 Å². The fourth-order valence-corrected chi connectivity index (χ4v) is 2.40. The number of hydrogen-bond donors (Lipinski definition) is 2. The van der Waals surface area contributed by atoms with Crippen LogP contribution < -0.4 is 10.5 Å². The first-order valence-electron chi connectivity index (χ1n) is 6.50. The van der Waals surface area contributed by atoms with Gasteiger partial charge in [-0.05, 0) is 31.0 Å². The number of nitrogens with zero attached hydrogens (tertiary/aromatic N) is 1. The molecule has 3 N–H and O–H groups in total. The lowest BCUT2D eigenvalue weighted by Gasteiger charge is -2.23. The van der Waals surface area contributed by atoms with Gasteiger partial charge < -0.3 is 20.5 Å². The maximum atomic E-state index is 12.3. The Hall–Kier alpha value is -2.08. The fourth-order valence-electron chi connectivity index (χ4n) is 2.40. The predicted molar refractivity (Wildman–Crippen MR) is 72.3 cm³/mol. The first kappa shape index (κ1) is 14.3. The molecule has 1 aromatic rings. The van der Waals surface area contributed by atoms with E-state index in [9.17, 15) is 9.59 Å². The summed E-state index contributed by atoms with van der Waals surface area (Å²) in [6.07, 6.45) is 0.410. The summed E-state index contributed by atoms with van der Waals surface area (Å²) in [6, 6.07) is 7.04. The van der Waals surface area contributed by atoms with E-state index in [1.165, 1.54) is 4.90 Å². The Bertz CT molecular complexity index is 514. The van der Waals surface area contributed by atoms with Crippen LogP contribution >= 0.6 is 0 Å².